The van der Waals surface area contributed by atoms with Crippen molar-refractivity contribution < 1.29 is 29.2 Å². The predicted molar refractivity (Wildman–Crippen MR) is 159 cm³/mol. The fourth-order valence-electron chi connectivity index (χ4n) is 4.65. The number of hydrogen-bond acceptors (Lipinski definition) is 9. The molecule has 220 valence electrons. The number of nitrogens with one attached hydrogen (secondary N) is 2. The van der Waals surface area contributed by atoms with Gasteiger partial charge in [-0.25, -0.2) is 4.99 Å². The first-order valence-corrected chi connectivity index (χ1v) is 14.0. The lowest BCUT2D eigenvalue weighted by Gasteiger charge is -2.35. The van der Waals surface area contributed by atoms with Crippen molar-refractivity contribution in [3.63, 3.8) is 0 Å². The molecule has 2 aliphatic rings. The van der Waals surface area contributed by atoms with Crippen LogP contribution >= 0.6 is 11.6 Å². The molecule has 0 saturated carbocycles. The molecule has 2 unspecified atom stereocenters. The van der Waals surface area contributed by atoms with Gasteiger partial charge in [-0.1, -0.05) is 35.9 Å². The summed E-state index contributed by atoms with van der Waals surface area (Å²) in [7, 11) is 1.43. The Balaban J connectivity index is 1.32. The molecule has 0 aromatic heterocycles. The molecule has 0 spiro atoms. The number of ether oxygens (including phenoxy) is 3. The highest BCUT2D eigenvalue weighted by Gasteiger charge is 2.30. The van der Waals surface area contributed by atoms with Crippen molar-refractivity contribution in [3.8, 4) is 11.5 Å². The van der Waals surface area contributed by atoms with Crippen LogP contribution in [0.4, 0.5) is 5.69 Å². The van der Waals surface area contributed by atoms with E-state index in [0.717, 1.165) is 5.56 Å². The van der Waals surface area contributed by atoms with E-state index >= 15 is 0 Å². The van der Waals surface area contributed by atoms with Crippen LogP contribution in [0.15, 0.2) is 89.7 Å². The van der Waals surface area contributed by atoms with E-state index in [0.29, 0.717) is 72.0 Å². The Morgan fingerprint density at radius 1 is 1.10 bits per heavy atom. The highest BCUT2D eigenvalue weighted by atomic mass is 35.5. The predicted octanol–water partition coefficient (Wildman–Crippen LogP) is 4.76. The Kier molecular flexibility index (Phi) is 9.73. The number of aliphatic hydroxyl groups is 2. The van der Waals surface area contributed by atoms with Crippen LogP contribution in [0, 0.1) is 5.92 Å². The van der Waals surface area contributed by atoms with Gasteiger partial charge in [0.15, 0.2) is 12.5 Å². The van der Waals surface area contributed by atoms with E-state index in [1.807, 2.05) is 24.3 Å². The first kappa shape index (κ1) is 29.6. The summed E-state index contributed by atoms with van der Waals surface area (Å²) in [6, 6.07) is 21.6. The third-order valence-corrected chi connectivity index (χ3v) is 7.26. The first-order valence-electron chi connectivity index (χ1n) is 13.6. The number of carbonyl (C=O) groups excluding carboxylic acids is 1. The first-order chi connectivity index (χ1) is 20.4. The van der Waals surface area contributed by atoms with E-state index in [1.165, 1.54) is 13.3 Å². The second kappa shape index (κ2) is 13.8. The van der Waals surface area contributed by atoms with Gasteiger partial charge in [-0.05, 0) is 66.9 Å². The monoisotopic (exact) mass is 592 g/mol. The van der Waals surface area contributed by atoms with Gasteiger partial charge in [-0.3, -0.25) is 4.79 Å². The molecule has 3 aromatic rings. The number of aliphatic hydroxyl groups excluding tert-OH is 2. The summed E-state index contributed by atoms with van der Waals surface area (Å²) < 4.78 is 16.3. The molecule has 42 heavy (non-hydrogen) atoms. The maximum absolute atomic E-state index is 12.9. The maximum Gasteiger partial charge on any atom is 0.227 e. The standard InChI is InChI=1S/C31H33ClN4O6/c1-40-30(39)22-3-2-4-26(17-22)42-25-11-9-24(10-12-25)34-31-33-18-27(35-28(37)21-13-15-41-16-14-21)29(38)36(31)19-20-5-7-23(32)8-6-20/h2-12,17-18,21,29-30,38-39H,13-16,19H2,1H3,(H,33,34)(H,35,37). The van der Waals surface area contributed by atoms with Crippen LogP contribution in [0.1, 0.15) is 30.3 Å². The molecule has 5 rings (SSSR count). The lowest BCUT2D eigenvalue weighted by atomic mass is 9.99. The Hall–Kier alpha value is -3.93. The molecular weight excluding hydrogens is 560 g/mol. The van der Waals surface area contributed by atoms with E-state index in [9.17, 15) is 15.0 Å². The summed E-state index contributed by atoms with van der Waals surface area (Å²) in [5.41, 5.74) is 2.49. The van der Waals surface area contributed by atoms with Crippen molar-refractivity contribution in [2.24, 2.45) is 10.9 Å². The summed E-state index contributed by atoms with van der Waals surface area (Å²) in [5, 5.41) is 28.0. The van der Waals surface area contributed by atoms with Gasteiger partial charge >= 0.3 is 0 Å². The fraction of sp³-hybridized carbons (Fsp3) is 0.290. The summed E-state index contributed by atoms with van der Waals surface area (Å²) in [5.74, 6) is 1.22. The van der Waals surface area contributed by atoms with E-state index in [1.54, 1.807) is 53.4 Å². The Morgan fingerprint density at radius 3 is 2.55 bits per heavy atom. The largest absolute Gasteiger partial charge is 0.457 e. The molecule has 1 fully saturated rings. The number of aliphatic imine (C=N–C) groups is 1. The number of methoxy groups -OCH3 is 1. The maximum atomic E-state index is 12.9. The van der Waals surface area contributed by atoms with Gasteiger partial charge < -0.3 is 40.0 Å². The molecule has 2 heterocycles. The van der Waals surface area contributed by atoms with Gasteiger partial charge in [-0.15, -0.1) is 0 Å². The van der Waals surface area contributed by atoms with Gasteiger partial charge in [0.2, 0.25) is 11.9 Å². The van der Waals surface area contributed by atoms with Crippen LogP contribution < -0.4 is 15.4 Å². The summed E-state index contributed by atoms with van der Waals surface area (Å²) in [4.78, 5) is 19.1. The number of carbonyl (C=O) groups is 1. The van der Waals surface area contributed by atoms with Crippen LogP contribution in [0.2, 0.25) is 5.02 Å². The van der Waals surface area contributed by atoms with Crippen molar-refractivity contribution in [1.82, 2.24) is 10.2 Å². The van der Waals surface area contributed by atoms with E-state index in [2.05, 4.69) is 15.6 Å². The number of halogens is 1. The molecule has 2 atom stereocenters. The number of guanidine groups is 1. The number of hydrogen-bond donors (Lipinski definition) is 4. The second-order valence-corrected chi connectivity index (χ2v) is 10.4. The van der Waals surface area contributed by atoms with Crippen LogP contribution in [-0.2, 0) is 20.8 Å². The van der Waals surface area contributed by atoms with Gasteiger partial charge in [0, 0.05) is 49.1 Å². The molecule has 4 N–H and O–H groups in total. The Morgan fingerprint density at radius 2 is 1.83 bits per heavy atom. The summed E-state index contributed by atoms with van der Waals surface area (Å²) in [6.45, 7) is 1.39. The smallest absolute Gasteiger partial charge is 0.227 e. The highest BCUT2D eigenvalue weighted by Crippen LogP contribution is 2.27. The van der Waals surface area contributed by atoms with Crippen LogP contribution in [-0.4, -0.2) is 53.5 Å². The Bertz CT molecular complexity index is 1420. The molecule has 0 radical (unpaired) electrons. The molecule has 1 saturated heterocycles. The van der Waals surface area contributed by atoms with Crippen molar-refractivity contribution in [3.05, 3.63) is 101 Å². The van der Waals surface area contributed by atoms with Crippen LogP contribution in [0.3, 0.4) is 0 Å². The minimum atomic E-state index is -1.15. The molecule has 0 aliphatic carbocycles. The topological polar surface area (TPSA) is 125 Å². The number of amides is 1. The van der Waals surface area contributed by atoms with E-state index in [4.69, 9.17) is 25.8 Å². The van der Waals surface area contributed by atoms with Crippen molar-refractivity contribution >= 4 is 29.2 Å². The van der Waals surface area contributed by atoms with Gasteiger partial charge in [0.05, 0.1) is 11.9 Å². The van der Waals surface area contributed by atoms with Gasteiger partial charge in [0.1, 0.15) is 11.5 Å². The number of anilines is 1. The van der Waals surface area contributed by atoms with Crippen LogP contribution in [0.25, 0.3) is 0 Å². The van der Waals surface area contributed by atoms with Crippen molar-refractivity contribution in [2.45, 2.75) is 31.9 Å². The van der Waals surface area contributed by atoms with E-state index in [-0.39, 0.29) is 11.8 Å². The van der Waals surface area contributed by atoms with Crippen LogP contribution in [0.5, 0.6) is 11.5 Å². The molecule has 11 heteroatoms. The molecule has 1 amide bonds. The fourth-order valence-corrected chi connectivity index (χ4v) is 4.77. The van der Waals surface area contributed by atoms with E-state index < -0.39 is 12.5 Å². The average molecular weight is 593 g/mol. The molecule has 3 aromatic carbocycles. The normalized spacial score (nSPS) is 18.1. The molecular formula is C31H33ClN4O6. The van der Waals surface area contributed by atoms with Gasteiger partial charge in [-0.2, -0.15) is 0 Å². The minimum absolute atomic E-state index is 0.153. The number of rotatable bonds is 9. The SMILES string of the molecule is COC(O)c1cccc(Oc2ccc(NC3=NC=C(NC(=O)C4CCOCC4)C(O)N3Cc3ccc(Cl)cc3)cc2)c1. The molecule has 10 nitrogen and oxygen atoms in total. The minimum Gasteiger partial charge on any atom is -0.457 e. The third-order valence-electron chi connectivity index (χ3n) is 7.01. The van der Waals surface area contributed by atoms with Crippen molar-refractivity contribution in [2.75, 3.05) is 25.6 Å². The lowest BCUT2D eigenvalue weighted by molar-refractivity contribution is -0.127. The number of benzene rings is 3. The quantitative estimate of drug-likeness (QED) is 0.262. The highest BCUT2D eigenvalue weighted by molar-refractivity contribution is 6.30. The lowest BCUT2D eigenvalue weighted by Crippen LogP contribution is -2.50. The average Bonchev–Trinajstić information content (AvgIpc) is 3.02. The van der Waals surface area contributed by atoms with Gasteiger partial charge in [0.25, 0.3) is 0 Å². The molecule has 0 bridgehead atoms. The Labute approximate surface area is 249 Å². The zero-order chi connectivity index (χ0) is 29.5. The second-order valence-electron chi connectivity index (χ2n) is 9.95. The summed E-state index contributed by atoms with van der Waals surface area (Å²) in [6.07, 6.45) is 0.566. The van der Waals surface area contributed by atoms with Crippen molar-refractivity contribution in [1.29, 1.82) is 0 Å². The molecule has 2 aliphatic heterocycles. The third kappa shape index (κ3) is 7.47. The zero-order valence-electron chi connectivity index (χ0n) is 23.1. The summed E-state index contributed by atoms with van der Waals surface area (Å²) >= 11 is 6.07. The zero-order valence-corrected chi connectivity index (χ0v) is 23.8. The number of nitrogens with zero attached hydrogens (tertiary/aromatic N) is 2.